The van der Waals surface area contributed by atoms with Crippen molar-refractivity contribution >= 4 is 23.5 Å². The van der Waals surface area contributed by atoms with Crippen molar-refractivity contribution in [3.8, 4) is 0 Å². The van der Waals surface area contributed by atoms with E-state index in [1.54, 1.807) is 32.0 Å². The molecule has 0 aliphatic rings. The molecule has 6 nitrogen and oxygen atoms in total. The molecule has 9 heteroatoms. The van der Waals surface area contributed by atoms with E-state index in [1.165, 1.54) is 20.1 Å². The summed E-state index contributed by atoms with van der Waals surface area (Å²) in [6.45, 7) is 4.63. The highest BCUT2D eigenvalue weighted by Gasteiger charge is 2.41. The Balaban J connectivity index is 2.78. The fourth-order valence-corrected chi connectivity index (χ4v) is 2.64. The van der Waals surface area contributed by atoms with E-state index in [-0.39, 0.29) is 31.8 Å². The molecule has 1 N–H and O–H groups in total. The first-order valence-corrected chi connectivity index (χ1v) is 8.69. The van der Waals surface area contributed by atoms with Gasteiger partial charge in [-0.05, 0) is 30.0 Å². The third kappa shape index (κ3) is 7.58. The molecule has 0 saturated carbocycles. The lowest BCUT2D eigenvalue weighted by Gasteiger charge is -2.23. The number of anilines is 1. The summed E-state index contributed by atoms with van der Waals surface area (Å²) in [5.41, 5.74) is 0.227. The van der Waals surface area contributed by atoms with Crippen LogP contribution in [-0.2, 0) is 25.7 Å². The molecule has 0 atom stereocenters. The molecule has 1 aromatic rings. The van der Waals surface area contributed by atoms with Crippen LogP contribution in [0.25, 0.3) is 0 Å². The summed E-state index contributed by atoms with van der Waals surface area (Å²) < 4.78 is 42.5. The second kappa shape index (κ2) is 9.57. The number of ether oxygens (including phenoxy) is 1. The molecule has 0 saturated heterocycles. The Morgan fingerprint density at radius 2 is 1.79 bits per heavy atom. The Hall–Kier alpha value is -2.58. The molecule has 156 valence electrons. The average molecular weight is 402 g/mol. The van der Waals surface area contributed by atoms with Gasteiger partial charge in [0.05, 0.1) is 13.5 Å². The molecule has 2 amide bonds. The van der Waals surface area contributed by atoms with Gasteiger partial charge in [-0.25, -0.2) is 0 Å². The Morgan fingerprint density at radius 3 is 2.32 bits per heavy atom. The summed E-state index contributed by atoms with van der Waals surface area (Å²) >= 11 is 0. The number of methoxy groups -OCH3 is 1. The Bertz CT molecular complexity index is 717. The van der Waals surface area contributed by atoms with Gasteiger partial charge in [0.2, 0.25) is 5.91 Å². The predicted octanol–water partition coefficient (Wildman–Crippen LogP) is 3.52. The van der Waals surface area contributed by atoms with Crippen molar-refractivity contribution in [2.75, 3.05) is 19.0 Å². The monoisotopic (exact) mass is 402 g/mol. The van der Waals surface area contributed by atoms with E-state index < -0.39 is 23.5 Å². The van der Waals surface area contributed by atoms with Crippen LogP contribution in [0.1, 0.15) is 39.2 Å². The third-order valence-corrected chi connectivity index (χ3v) is 3.99. The zero-order chi connectivity index (χ0) is 21.5. The van der Waals surface area contributed by atoms with Gasteiger partial charge in [-0.3, -0.25) is 14.4 Å². The largest absolute Gasteiger partial charge is 0.471 e. The Kier molecular flexibility index (Phi) is 8.01. The van der Waals surface area contributed by atoms with Gasteiger partial charge in [-0.15, -0.1) is 0 Å². The summed E-state index contributed by atoms with van der Waals surface area (Å²) in [6, 6.07) is 6.26. The van der Waals surface area contributed by atoms with Crippen LogP contribution in [0.15, 0.2) is 24.3 Å². The van der Waals surface area contributed by atoms with E-state index in [4.69, 9.17) is 0 Å². The van der Waals surface area contributed by atoms with Crippen LogP contribution in [0.3, 0.4) is 0 Å². The van der Waals surface area contributed by atoms with Gasteiger partial charge in [0.1, 0.15) is 0 Å². The van der Waals surface area contributed by atoms with Gasteiger partial charge in [-0.1, -0.05) is 26.0 Å². The second-order valence-corrected chi connectivity index (χ2v) is 7.16. The fraction of sp³-hybridized carbons (Fsp3) is 0.526. The topological polar surface area (TPSA) is 75.7 Å². The SMILES string of the molecule is CCN(Cc1cccc(NC(=O)CC(C)(C)CC(=O)OC)c1)C(=O)C(F)(F)F. The molecule has 0 fully saturated rings. The summed E-state index contributed by atoms with van der Waals surface area (Å²) in [5, 5.41) is 2.66. The number of hydrogen-bond donors (Lipinski definition) is 1. The van der Waals surface area contributed by atoms with Gasteiger partial charge in [0.15, 0.2) is 0 Å². The van der Waals surface area contributed by atoms with Crippen molar-refractivity contribution in [2.24, 2.45) is 5.41 Å². The van der Waals surface area contributed by atoms with Crippen molar-refractivity contribution in [1.82, 2.24) is 4.90 Å². The van der Waals surface area contributed by atoms with E-state index in [0.717, 1.165) is 0 Å². The highest BCUT2D eigenvalue weighted by molar-refractivity contribution is 5.91. The number of nitrogens with one attached hydrogen (secondary N) is 1. The molecule has 0 aliphatic carbocycles. The number of carbonyl (C=O) groups is 3. The molecule has 0 heterocycles. The van der Waals surface area contributed by atoms with Crippen LogP contribution in [-0.4, -0.2) is 42.5 Å². The molecular formula is C19H25F3N2O4. The molecule has 0 aromatic heterocycles. The summed E-state index contributed by atoms with van der Waals surface area (Å²) in [5.74, 6) is -2.67. The maximum atomic E-state index is 12.6. The number of nitrogens with zero attached hydrogens (tertiary/aromatic N) is 1. The van der Waals surface area contributed by atoms with E-state index >= 15 is 0 Å². The number of benzene rings is 1. The molecule has 1 rings (SSSR count). The molecule has 0 aliphatic heterocycles. The lowest BCUT2D eigenvalue weighted by molar-refractivity contribution is -0.185. The lowest BCUT2D eigenvalue weighted by Crippen LogP contribution is -2.40. The number of alkyl halides is 3. The molecule has 28 heavy (non-hydrogen) atoms. The number of esters is 1. The Labute approximate surface area is 162 Å². The molecule has 0 unspecified atom stereocenters. The number of rotatable bonds is 8. The highest BCUT2D eigenvalue weighted by atomic mass is 19.4. The molecular weight excluding hydrogens is 377 g/mol. The van der Waals surface area contributed by atoms with Crippen molar-refractivity contribution in [3.63, 3.8) is 0 Å². The maximum Gasteiger partial charge on any atom is 0.471 e. The summed E-state index contributed by atoms with van der Waals surface area (Å²) in [4.78, 5) is 35.8. The van der Waals surface area contributed by atoms with Crippen LogP contribution < -0.4 is 5.32 Å². The molecule has 0 bridgehead atoms. The van der Waals surface area contributed by atoms with Gasteiger partial charge >= 0.3 is 18.1 Å². The van der Waals surface area contributed by atoms with Crippen molar-refractivity contribution in [2.45, 2.75) is 46.3 Å². The number of hydrogen-bond acceptors (Lipinski definition) is 4. The second-order valence-electron chi connectivity index (χ2n) is 7.16. The minimum absolute atomic E-state index is 0.0555. The van der Waals surface area contributed by atoms with E-state index in [2.05, 4.69) is 10.1 Å². The van der Waals surface area contributed by atoms with Gasteiger partial charge in [0.25, 0.3) is 0 Å². The molecule has 0 radical (unpaired) electrons. The number of carbonyl (C=O) groups excluding carboxylic acids is 3. The molecule has 1 aromatic carbocycles. The fourth-order valence-electron chi connectivity index (χ4n) is 2.64. The quantitative estimate of drug-likeness (QED) is 0.675. The zero-order valence-corrected chi connectivity index (χ0v) is 16.4. The third-order valence-electron chi connectivity index (χ3n) is 3.99. The average Bonchev–Trinajstić information content (AvgIpc) is 2.57. The van der Waals surface area contributed by atoms with E-state index in [1.807, 2.05) is 0 Å². The Morgan fingerprint density at radius 1 is 1.14 bits per heavy atom. The van der Waals surface area contributed by atoms with Crippen LogP contribution in [0.2, 0.25) is 0 Å². The van der Waals surface area contributed by atoms with Crippen LogP contribution >= 0.6 is 0 Å². The normalized spacial score (nSPS) is 11.7. The van der Waals surface area contributed by atoms with Gasteiger partial charge in [0, 0.05) is 25.2 Å². The number of halogens is 3. The number of amides is 2. The smallest absolute Gasteiger partial charge is 0.469 e. The summed E-state index contributed by atoms with van der Waals surface area (Å²) in [6.07, 6.45) is -4.81. The maximum absolute atomic E-state index is 12.6. The van der Waals surface area contributed by atoms with Crippen molar-refractivity contribution in [1.29, 1.82) is 0 Å². The molecule has 0 spiro atoms. The van der Waals surface area contributed by atoms with Crippen LogP contribution in [0.5, 0.6) is 0 Å². The highest BCUT2D eigenvalue weighted by Crippen LogP contribution is 2.26. The first-order valence-electron chi connectivity index (χ1n) is 8.69. The standard InChI is InChI=1S/C19H25F3N2O4/c1-5-24(17(27)19(20,21)22)12-13-7-6-8-14(9-13)23-15(25)10-18(2,3)11-16(26)28-4/h6-9H,5,10-12H2,1-4H3,(H,23,25). The van der Waals surface area contributed by atoms with Gasteiger partial charge in [-0.2, -0.15) is 13.2 Å². The predicted molar refractivity (Wildman–Crippen MR) is 97.2 cm³/mol. The first-order chi connectivity index (χ1) is 12.9. The zero-order valence-electron chi connectivity index (χ0n) is 16.4. The lowest BCUT2D eigenvalue weighted by atomic mass is 9.85. The minimum Gasteiger partial charge on any atom is -0.469 e. The summed E-state index contributed by atoms with van der Waals surface area (Å²) in [7, 11) is 1.27. The van der Waals surface area contributed by atoms with Gasteiger partial charge < -0.3 is 15.0 Å². The van der Waals surface area contributed by atoms with E-state index in [9.17, 15) is 27.6 Å². The van der Waals surface area contributed by atoms with Crippen LogP contribution in [0, 0.1) is 5.41 Å². The van der Waals surface area contributed by atoms with Crippen molar-refractivity contribution < 1.29 is 32.3 Å². The van der Waals surface area contributed by atoms with Crippen molar-refractivity contribution in [3.05, 3.63) is 29.8 Å². The van der Waals surface area contributed by atoms with E-state index in [0.29, 0.717) is 16.2 Å². The minimum atomic E-state index is -4.94. The first kappa shape index (κ1) is 23.5. The van der Waals surface area contributed by atoms with Crippen LogP contribution in [0.4, 0.5) is 18.9 Å².